The Morgan fingerprint density at radius 1 is 1.29 bits per heavy atom. The fourth-order valence-electron chi connectivity index (χ4n) is 2.12. The zero-order valence-electron chi connectivity index (χ0n) is 13.1. The second-order valence-corrected chi connectivity index (χ2v) is 7.20. The predicted octanol–water partition coefficient (Wildman–Crippen LogP) is 1.93. The molecule has 1 aromatic rings. The Bertz CT molecular complexity index is 582. The zero-order valence-corrected chi connectivity index (χ0v) is 13.9. The van der Waals surface area contributed by atoms with Gasteiger partial charge >= 0.3 is 0 Å². The minimum atomic E-state index is -3.42. The number of rotatable bonds is 7. The van der Waals surface area contributed by atoms with Gasteiger partial charge in [-0.2, -0.15) is 0 Å². The van der Waals surface area contributed by atoms with Crippen molar-refractivity contribution >= 4 is 21.6 Å². The van der Waals surface area contributed by atoms with Gasteiger partial charge in [-0.3, -0.25) is 9.10 Å². The van der Waals surface area contributed by atoms with Gasteiger partial charge in [-0.15, -0.1) is 0 Å². The molecule has 0 saturated carbocycles. The molecule has 0 bridgehead atoms. The van der Waals surface area contributed by atoms with Gasteiger partial charge in [-0.25, -0.2) is 8.42 Å². The number of nitrogens with one attached hydrogen (secondary N) is 1. The van der Waals surface area contributed by atoms with E-state index in [9.17, 15) is 13.2 Å². The van der Waals surface area contributed by atoms with Crippen molar-refractivity contribution in [3.05, 3.63) is 29.8 Å². The van der Waals surface area contributed by atoms with Crippen LogP contribution in [0.25, 0.3) is 0 Å². The van der Waals surface area contributed by atoms with E-state index in [2.05, 4.69) is 5.32 Å². The predicted molar refractivity (Wildman–Crippen MR) is 85.9 cm³/mol. The summed E-state index contributed by atoms with van der Waals surface area (Å²) in [7, 11) is -3.42. The average molecular weight is 312 g/mol. The van der Waals surface area contributed by atoms with Crippen molar-refractivity contribution in [3.63, 3.8) is 0 Å². The largest absolute Gasteiger partial charge is 0.354 e. The molecule has 0 heterocycles. The van der Waals surface area contributed by atoms with Crippen LogP contribution in [0.5, 0.6) is 0 Å². The van der Waals surface area contributed by atoms with Gasteiger partial charge in [0, 0.05) is 19.0 Å². The molecule has 1 aromatic carbocycles. The first-order valence-electron chi connectivity index (χ1n) is 7.10. The van der Waals surface area contributed by atoms with Gasteiger partial charge < -0.3 is 5.32 Å². The Hall–Kier alpha value is -1.56. The van der Waals surface area contributed by atoms with E-state index in [1.807, 2.05) is 32.9 Å². The number of amides is 1. The zero-order chi connectivity index (χ0) is 16.0. The summed E-state index contributed by atoms with van der Waals surface area (Å²) >= 11 is 0. The fraction of sp³-hybridized carbons (Fsp3) is 0.533. The molecule has 0 saturated heterocycles. The molecule has 0 fully saturated rings. The Morgan fingerprint density at radius 2 is 1.90 bits per heavy atom. The lowest BCUT2D eigenvalue weighted by Gasteiger charge is -2.24. The van der Waals surface area contributed by atoms with Crippen LogP contribution in [0.2, 0.25) is 0 Å². The van der Waals surface area contributed by atoms with Gasteiger partial charge in [-0.1, -0.05) is 25.1 Å². The number of anilines is 1. The Morgan fingerprint density at radius 3 is 2.43 bits per heavy atom. The number of benzene rings is 1. The van der Waals surface area contributed by atoms with Crippen LogP contribution in [0.3, 0.4) is 0 Å². The van der Waals surface area contributed by atoms with Crippen LogP contribution in [0.1, 0.15) is 32.8 Å². The molecule has 0 spiro atoms. The van der Waals surface area contributed by atoms with Gasteiger partial charge in [0.25, 0.3) is 0 Å². The third-order valence-corrected chi connectivity index (χ3v) is 4.21. The van der Waals surface area contributed by atoms with Crippen molar-refractivity contribution in [2.75, 3.05) is 17.1 Å². The van der Waals surface area contributed by atoms with Crippen LogP contribution in [0.15, 0.2) is 24.3 Å². The molecule has 0 unspecified atom stereocenters. The van der Waals surface area contributed by atoms with Crippen molar-refractivity contribution < 1.29 is 13.2 Å². The molecule has 118 valence electrons. The number of carbonyl (C=O) groups is 1. The normalized spacial score (nSPS) is 11.5. The van der Waals surface area contributed by atoms with Crippen LogP contribution in [0, 0.1) is 0 Å². The number of hydrogen-bond acceptors (Lipinski definition) is 3. The summed E-state index contributed by atoms with van der Waals surface area (Å²) in [6.07, 6.45) is 2.05. The van der Waals surface area contributed by atoms with E-state index in [4.69, 9.17) is 0 Å². The molecule has 21 heavy (non-hydrogen) atoms. The van der Waals surface area contributed by atoms with E-state index < -0.39 is 10.0 Å². The lowest BCUT2D eigenvalue weighted by Crippen LogP contribution is -2.37. The average Bonchev–Trinajstić information content (AvgIpc) is 2.37. The summed E-state index contributed by atoms with van der Waals surface area (Å²) < 4.78 is 25.4. The molecule has 6 heteroatoms. The molecular formula is C15H24N2O3S. The maximum atomic E-state index is 12.0. The number of carbonyl (C=O) groups excluding carboxylic acids is 1. The third kappa shape index (κ3) is 5.38. The summed E-state index contributed by atoms with van der Waals surface area (Å²) in [4.78, 5) is 11.7. The van der Waals surface area contributed by atoms with E-state index in [-0.39, 0.29) is 24.9 Å². The smallest absolute Gasteiger partial charge is 0.232 e. The molecule has 1 N–H and O–H groups in total. The lowest BCUT2D eigenvalue weighted by molar-refractivity contribution is -0.121. The highest BCUT2D eigenvalue weighted by atomic mass is 32.2. The Kier molecular flexibility index (Phi) is 6.20. The molecule has 0 aliphatic rings. The Balaban J connectivity index is 2.95. The van der Waals surface area contributed by atoms with Crippen molar-refractivity contribution in [1.29, 1.82) is 0 Å². The molecule has 0 aliphatic heterocycles. The van der Waals surface area contributed by atoms with E-state index in [1.54, 1.807) is 12.1 Å². The van der Waals surface area contributed by atoms with Crippen LogP contribution in [0.4, 0.5) is 5.69 Å². The SMILES string of the molecule is CCc1ccccc1N(CCC(=O)NC(C)C)S(C)(=O)=O. The standard InChI is InChI=1S/C15H24N2O3S/c1-5-13-8-6-7-9-14(13)17(21(4,19)20)11-10-15(18)16-12(2)3/h6-9,12H,5,10-11H2,1-4H3,(H,16,18). The Labute approximate surface area is 127 Å². The first kappa shape index (κ1) is 17.5. The molecule has 0 atom stereocenters. The molecule has 5 nitrogen and oxygen atoms in total. The van der Waals surface area contributed by atoms with E-state index >= 15 is 0 Å². The molecular weight excluding hydrogens is 288 g/mol. The third-order valence-electron chi connectivity index (χ3n) is 3.03. The van der Waals surface area contributed by atoms with Crippen molar-refractivity contribution in [1.82, 2.24) is 5.32 Å². The molecule has 1 rings (SSSR count). The number of sulfonamides is 1. The summed E-state index contributed by atoms with van der Waals surface area (Å²) in [6.45, 7) is 5.87. The molecule has 0 radical (unpaired) electrons. The molecule has 1 amide bonds. The van der Waals surface area contributed by atoms with Gasteiger partial charge in [0.05, 0.1) is 11.9 Å². The second-order valence-electron chi connectivity index (χ2n) is 5.29. The van der Waals surface area contributed by atoms with Gasteiger partial charge in [-0.05, 0) is 31.9 Å². The summed E-state index contributed by atoms with van der Waals surface area (Å²) in [6, 6.07) is 7.42. The van der Waals surface area contributed by atoms with Crippen LogP contribution in [-0.4, -0.2) is 33.2 Å². The minimum Gasteiger partial charge on any atom is -0.354 e. The topological polar surface area (TPSA) is 66.5 Å². The number of hydrogen-bond donors (Lipinski definition) is 1. The maximum Gasteiger partial charge on any atom is 0.232 e. The second kappa shape index (κ2) is 7.45. The van der Waals surface area contributed by atoms with Crippen molar-refractivity contribution in [2.24, 2.45) is 0 Å². The first-order chi connectivity index (χ1) is 9.75. The van der Waals surface area contributed by atoms with Crippen molar-refractivity contribution in [2.45, 2.75) is 39.7 Å². The van der Waals surface area contributed by atoms with Crippen molar-refractivity contribution in [3.8, 4) is 0 Å². The molecule has 0 aliphatic carbocycles. The monoisotopic (exact) mass is 312 g/mol. The highest BCUT2D eigenvalue weighted by Gasteiger charge is 2.20. The van der Waals surface area contributed by atoms with E-state index in [1.165, 1.54) is 10.6 Å². The number of aryl methyl sites for hydroxylation is 1. The van der Waals surface area contributed by atoms with E-state index in [0.717, 1.165) is 12.0 Å². The summed E-state index contributed by atoms with van der Waals surface area (Å²) in [5.74, 6) is -0.146. The number of para-hydroxylation sites is 1. The highest BCUT2D eigenvalue weighted by molar-refractivity contribution is 7.92. The quantitative estimate of drug-likeness (QED) is 0.836. The lowest BCUT2D eigenvalue weighted by atomic mass is 10.1. The van der Waals surface area contributed by atoms with Crippen LogP contribution < -0.4 is 9.62 Å². The number of nitrogens with zero attached hydrogens (tertiary/aromatic N) is 1. The van der Waals surface area contributed by atoms with E-state index in [0.29, 0.717) is 5.69 Å². The van der Waals surface area contributed by atoms with Gasteiger partial charge in [0.2, 0.25) is 15.9 Å². The van der Waals surface area contributed by atoms with Crippen LogP contribution >= 0.6 is 0 Å². The van der Waals surface area contributed by atoms with Crippen LogP contribution in [-0.2, 0) is 21.2 Å². The minimum absolute atomic E-state index is 0.0483. The highest BCUT2D eigenvalue weighted by Crippen LogP contribution is 2.23. The summed E-state index contributed by atoms with van der Waals surface area (Å²) in [5.41, 5.74) is 1.60. The summed E-state index contributed by atoms with van der Waals surface area (Å²) in [5, 5.41) is 2.77. The fourth-order valence-corrected chi connectivity index (χ4v) is 3.07. The molecule has 0 aromatic heterocycles. The maximum absolute atomic E-state index is 12.0. The first-order valence-corrected chi connectivity index (χ1v) is 8.95. The van der Waals surface area contributed by atoms with Gasteiger partial charge in [0.15, 0.2) is 0 Å². The van der Waals surface area contributed by atoms with Gasteiger partial charge in [0.1, 0.15) is 0 Å².